The Morgan fingerprint density at radius 2 is 1.87 bits per heavy atom. The summed E-state index contributed by atoms with van der Waals surface area (Å²) in [5.74, 6) is -1.40. The molecule has 2 bridgehead atoms. The lowest BCUT2D eigenvalue weighted by molar-refractivity contribution is -0.137. The van der Waals surface area contributed by atoms with Gasteiger partial charge in [-0.2, -0.15) is 13.2 Å². The third-order valence-electron chi connectivity index (χ3n) is 4.83. The van der Waals surface area contributed by atoms with Crippen LogP contribution in [0.5, 0.6) is 0 Å². The van der Waals surface area contributed by atoms with E-state index in [4.69, 9.17) is 5.73 Å². The SMILES string of the molecule is Cl.NC1C2CCC(C2)C1C(=O)Nc1cc(C(F)(F)F)ccc1F. The number of benzene rings is 1. The summed E-state index contributed by atoms with van der Waals surface area (Å²) in [5, 5.41) is 2.29. The number of carbonyl (C=O) groups is 1. The molecular formula is C15H17ClF4N2O. The minimum absolute atomic E-state index is 0. The summed E-state index contributed by atoms with van der Waals surface area (Å²) < 4.78 is 51.7. The van der Waals surface area contributed by atoms with Crippen LogP contribution >= 0.6 is 12.4 Å². The number of hydrogen-bond acceptors (Lipinski definition) is 2. The van der Waals surface area contributed by atoms with Crippen LogP contribution in [0.1, 0.15) is 24.8 Å². The molecule has 3 N–H and O–H groups in total. The predicted octanol–water partition coefficient (Wildman–Crippen LogP) is 3.58. The fraction of sp³-hybridized carbons (Fsp3) is 0.533. The normalized spacial score (nSPS) is 29.3. The summed E-state index contributed by atoms with van der Waals surface area (Å²) in [6, 6.07) is 1.67. The zero-order valence-corrected chi connectivity index (χ0v) is 12.9. The molecule has 2 fully saturated rings. The number of alkyl halides is 3. The van der Waals surface area contributed by atoms with Crippen molar-refractivity contribution in [1.82, 2.24) is 0 Å². The maximum Gasteiger partial charge on any atom is 0.416 e. The van der Waals surface area contributed by atoms with E-state index in [0.717, 1.165) is 19.3 Å². The van der Waals surface area contributed by atoms with Crippen LogP contribution in [0.15, 0.2) is 18.2 Å². The van der Waals surface area contributed by atoms with Gasteiger partial charge in [0.2, 0.25) is 5.91 Å². The lowest BCUT2D eigenvalue weighted by Crippen LogP contribution is -2.42. The van der Waals surface area contributed by atoms with E-state index >= 15 is 0 Å². The second-order valence-electron chi connectivity index (χ2n) is 6.12. The van der Waals surface area contributed by atoms with E-state index in [9.17, 15) is 22.4 Å². The Balaban J connectivity index is 0.00000192. The first kappa shape index (κ1) is 18.0. The summed E-state index contributed by atoms with van der Waals surface area (Å²) in [4.78, 5) is 12.3. The van der Waals surface area contributed by atoms with Crippen LogP contribution in [-0.2, 0) is 11.0 Å². The molecule has 3 nitrogen and oxygen atoms in total. The Bertz CT molecular complexity index is 606. The fourth-order valence-electron chi connectivity index (χ4n) is 3.74. The highest BCUT2D eigenvalue weighted by molar-refractivity contribution is 5.93. The highest BCUT2D eigenvalue weighted by atomic mass is 35.5. The van der Waals surface area contributed by atoms with Gasteiger partial charge in [-0.15, -0.1) is 12.4 Å². The maximum absolute atomic E-state index is 13.7. The summed E-state index contributed by atoms with van der Waals surface area (Å²) in [6.45, 7) is 0. The highest BCUT2D eigenvalue weighted by Gasteiger charge is 2.49. The maximum atomic E-state index is 13.7. The number of nitrogens with two attached hydrogens (primary N) is 1. The molecule has 0 aromatic heterocycles. The number of hydrogen-bond donors (Lipinski definition) is 2. The van der Waals surface area contributed by atoms with E-state index in [1.54, 1.807) is 0 Å². The molecule has 2 saturated carbocycles. The van der Waals surface area contributed by atoms with Crippen LogP contribution < -0.4 is 11.1 Å². The van der Waals surface area contributed by atoms with Crippen LogP contribution in [-0.4, -0.2) is 11.9 Å². The van der Waals surface area contributed by atoms with Crippen molar-refractivity contribution in [3.8, 4) is 0 Å². The number of amides is 1. The van der Waals surface area contributed by atoms with E-state index in [0.29, 0.717) is 18.2 Å². The Kier molecular flexibility index (Phi) is 4.92. The quantitative estimate of drug-likeness (QED) is 0.799. The smallest absolute Gasteiger partial charge is 0.327 e. The van der Waals surface area contributed by atoms with Crippen LogP contribution in [0.3, 0.4) is 0 Å². The lowest BCUT2D eigenvalue weighted by Gasteiger charge is -2.27. The molecule has 0 saturated heterocycles. The Hall–Kier alpha value is -1.34. The van der Waals surface area contributed by atoms with Gasteiger partial charge in [0.1, 0.15) is 5.82 Å². The Morgan fingerprint density at radius 1 is 1.22 bits per heavy atom. The predicted molar refractivity (Wildman–Crippen MR) is 79.6 cm³/mol. The summed E-state index contributed by atoms with van der Waals surface area (Å²) in [7, 11) is 0. The van der Waals surface area contributed by atoms with Gasteiger partial charge in [0.15, 0.2) is 0 Å². The van der Waals surface area contributed by atoms with E-state index in [2.05, 4.69) is 5.32 Å². The van der Waals surface area contributed by atoms with Crippen molar-refractivity contribution in [2.45, 2.75) is 31.5 Å². The minimum atomic E-state index is -4.59. The first-order valence-corrected chi connectivity index (χ1v) is 7.20. The van der Waals surface area contributed by atoms with E-state index in [-0.39, 0.29) is 30.3 Å². The molecule has 3 rings (SSSR count). The molecule has 128 valence electrons. The van der Waals surface area contributed by atoms with Crippen LogP contribution in [0, 0.1) is 23.6 Å². The van der Waals surface area contributed by atoms with Crippen molar-refractivity contribution >= 4 is 24.0 Å². The highest BCUT2D eigenvalue weighted by Crippen LogP contribution is 2.48. The van der Waals surface area contributed by atoms with Gasteiger partial charge in [-0.25, -0.2) is 4.39 Å². The molecule has 4 atom stereocenters. The summed E-state index contributed by atoms with van der Waals surface area (Å²) >= 11 is 0. The van der Waals surface area contributed by atoms with E-state index in [1.165, 1.54) is 0 Å². The third kappa shape index (κ3) is 3.30. The molecule has 23 heavy (non-hydrogen) atoms. The second-order valence-corrected chi connectivity index (χ2v) is 6.12. The molecule has 0 heterocycles. The molecule has 1 amide bonds. The number of fused-ring (bicyclic) bond motifs is 2. The van der Waals surface area contributed by atoms with Crippen molar-refractivity contribution in [2.24, 2.45) is 23.5 Å². The average molecular weight is 353 g/mol. The molecule has 1 aromatic rings. The first-order valence-electron chi connectivity index (χ1n) is 7.20. The lowest BCUT2D eigenvalue weighted by atomic mass is 9.84. The molecule has 2 aliphatic rings. The largest absolute Gasteiger partial charge is 0.416 e. The summed E-state index contributed by atoms with van der Waals surface area (Å²) in [5.41, 5.74) is 4.57. The van der Waals surface area contributed by atoms with Crippen LogP contribution in [0.2, 0.25) is 0 Å². The first-order chi connectivity index (χ1) is 10.3. The van der Waals surface area contributed by atoms with E-state index in [1.807, 2.05) is 0 Å². The van der Waals surface area contributed by atoms with Gasteiger partial charge < -0.3 is 11.1 Å². The van der Waals surface area contributed by atoms with Crippen molar-refractivity contribution in [1.29, 1.82) is 0 Å². The molecule has 8 heteroatoms. The van der Waals surface area contributed by atoms with Gasteiger partial charge in [0, 0.05) is 6.04 Å². The van der Waals surface area contributed by atoms with Gasteiger partial charge in [0.05, 0.1) is 17.2 Å². The fourth-order valence-corrected chi connectivity index (χ4v) is 3.74. The number of halogens is 5. The Labute approximate surface area is 137 Å². The van der Waals surface area contributed by atoms with Crippen LogP contribution in [0.25, 0.3) is 0 Å². The summed E-state index contributed by atoms with van der Waals surface area (Å²) in [6.07, 6.45) is -1.85. The standard InChI is InChI=1S/C15H16F4N2O.ClH/c16-10-4-3-9(15(17,18)19)6-11(10)21-14(22)12-7-1-2-8(5-7)13(12)20;/h3-4,6-8,12-13H,1-2,5,20H2,(H,21,22);1H. The molecular weight excluding hydrogens is 336 g/mol. The van der Waals surface area contributed by atoms with E-state index < -0.39 is 35.1 Å². The van der Waals surface area contributed by atoms with Crippen molar-refractivity contribution in [3.63, 3.8) is 0 Å². The second kappa shape index (κ2) is 6.28. The van der Waals surface area contributed by atoms with Crippen molar-refractivity contribution < 1.29 is 22.4 Å². The number of nitrogens with one attached hydrogen (secondary N) is 1. The zero-order chi connectivity index (χ0) is 16.1. The number of rotatable bonds is 2. The van der Waals surface area contributed by atoms with Gasteiger partial charge >= 0.3 is 6.18 Å². The van der Waals surface area contributed by atoms with Gasteiger partial charge in [-0.05, 0) is 49.3 Å². The van der Waals surface area contributed by atoms with Gasteiger partial charge in [0.25, 0.3) is 0 Å². The number of carbonyl (C=O) groups excluding carboxylic acids is 1. The molecule has 2 aliphatic carbocycles. The third-order valence-corrected chi connectivity index (χ3v) is 4.83. The number of anilines is 1. The zero-order valence-electron chi connectivity index (χ0n) is 12.1. The molecule has 1 aromatic carbocycles. The van der Waals surface area contributed by atoms with Crippen molar-refractivity contribution in [3.05, 3.63) is 29.6 Å². The van der Waals surface area contributed by atoms with Crippen molar-refractivity contribution in [2.75, 3.05) is 5.32 Å². The minimum Gasteiger partial charge on any atom is -0.327 e. The molecule has 0 radical (unpaired) electrons. The topological polar surface area (TPSA) is 55.1 Å². The monoisotopic (exact) mass is 352 g/mol. The van der Waals surface area contributed by atoms with Gasteiger partial charge in [-0.3, -0.25) is 4.79 Å². The van der Waals surface area contributed by atoms with Gasteiger partial charge in [-0.1, -0.05) is 0 Å². The Morgan fingerprint density at radius 3 is 2.43 bits per heavy atom. The molecule has 4 unspecified atom stereocenters. The molecule has 0 aliphatic heterocycles. The van der Waals surface area contributed by atoms with Crippen LogP contribution in [0.4, 0.5) is 23.2 Å². The molecule has 0 spiro atoms. The average Bonchev–Trinajstić information content (AvgIpc) is 3.00.